The highest BCUT2D eigenvalue weighted by atomic mass is 16.5. The van der Waals surface area contributed by atoms with Crippen LogP contribution in [0, 0.1) is 0 Å². The number of nitrogens with one attached hydrogen (secondary N) is 2. The van der Waals surface area contributed by atoms with E-state index in [1.54, 1.807) is 14.2 Å². The van der Waals surface area contributed by atoms with Crippen LogP contribution >= 0.6 is 0 Å². The summed E-state index contributed by atoms with van der Waals surface area (Å²) in [6, 6.07) is 8.19. The highest BCUT2D eigenvalue weighted by Gasteiger charge is 2.06. The van der Waals surface area contributed by atoms with E-state index in [-0.39, 0.29) is 0 Å². The number of methoxy groups -OCH3 is 1. The van der Waals surface area contributed by atoms with Crippen LogP contribution in [0.5, 0.6) is 5.75 Å². The molecular weight excluding hydrogens is 278 g/mol. The van der Waals surface area contributed by atoms with Crippen molar-refractivity contribution >= 4 is 5.96 Å². The Morgan fingerprint density at radius 1 is 1.14 bits per heavy atom. The van der Waals surface area contributed by atoms with E-state index in [0.29, 0.717) is 19.1 Å². The Hall–Kier alpha value is -1.75. The molecule has 1 aromatic rings. The van der Waals surface area contributed by atoms with Crippen molar-refractivity contribution in [3.05, 3.63) is 29.8 Å². The number of rotatable bonds is 9. The van der Waals surface area contributed by atoms with Crippen LogP contribution in [-0.4, -0.2) is 46.4 Å². The first-order chi connectivity index (χ1) is 10.7. The number of nitrogens with zero attached hydrogens (tertiary/aromatic N) is 1. The SMILES string of the molecule is CN=C(NCCCOC)NCCOc1ccccc1C(C)C. The largest absolute Gasteiger partial charge is 0.491 e. The molecule has 5 nitrogen and oxygen atoms in total. The summed E-state index contributed by atoms with van der Waals surface area (Å²) < 4.78 is 10.9. The topological polar surface area (TPSA) is 54.9 Å². The fraction of sp³-hybridized carbons (Fsp3) is 0.588. The molecule has 5 heteroatoms. The second kappa shape index (κ2) is 10.9. The molecular formula is C17H29N3O2. The molecule has 0 heterocycles. The van der Waals surface area contributed by atoms with E-state index in [1.165, 1.54) is 5.56 Å². The molecule has 1 aromatic carbocycles. The molecule has 0 atom stereocenters. The summed E-state index contributed by atoms with van der Waals surface area (Å²) in [7, 11) is 3.47. The fourth-order valence-corrected chi connectivity index (χ4v) is 2.06. The molecule has 0 saturated carbocycles. The van der Waals surface area contributed by atoms with Crippen molar-refractivity contribution in [3.63, 3.8) is 0 Å². The number of hydrogen-bond donors (Lipinski definition) is 2. The van der Waals surface area contributed by atoms with Gasteiger partial charge in [0.15, 0.2) is 5.96 Å². The minimum absolute atomic E-state index is 0.458. The zero-order chi connectivity index (χ0) is 16.2. The van der Waals surface area contributed by atoms with Gasteiger partial charge in [-0.05, 0) is 24.0 Å². The van der Waals surface area contributed by atoms with E-state index in [1.807, 2.05) is 18.2 Å². The van der Waals surface area contributed by atoms with E-state index >= 15 is 0 Å². The lowest BCUT2D eigenvalue weighted by atomic mass is 10.0. The van der Waals surface area contributed by atoms with E-state index in [9.17, 15) is 0 Å². The van der Waals surface area contributed by atoms with Crippen molar-refractivity contribution in [1.29, 1.82) is 0 Å². The number of guanidine groups is 1. The Morgan fingerprint density at radius 3 is 2.55 bits per heavy atom. The summed E-state index contributed by atoms with van der Waals surface area (Å²) in [5.74, 6) is 2.21. The molecule has 124 valence electrons. The van der Waals surface area contributed by atoms with Gasteiger partial charge in [-0.1, -0.05) is 32.0 Å². The molecule has 0 aliphatic rings. The third-order valence-corrected chi connectivity index (χ3v) is 3.23. The normalized spacial score (nSPS) is 11.6. The molecule has 0 spiro atoms. The highest BCUT2D eigenvalue weighted by molar-refractivity contribution is 5.79. The standard InChI is InChI=1S/C17H29N3O2/c1-14(2)15-8-5-6-9-16(15)22-13-11-20-17(18-3)19-10-7-12-21-4/h5-6,8-9,14H,7,10-13H2,1-4H3,(H2,18,19,20). The molecule has 0 radical (unpaired) electrons. The van der Waals surface area contributed by atoms with Crippen LogP contribution in [0.1, 0.15) is 31.7 Å². The van der Waals surface area contributed by atoms with Crippen LogP contribution in [0.2, 0.25) is 0 Å². The van der Waals surface area contributed by atoms with E-state index < -0.39 is 0 Å². The van der Waals surface area contributed by atoms with Gasteiger partial charge < -0.3 is 20.1 Å². The lowest BCUT2D eigenvalue weighted by Crippen LogP contribution is -2.39. The predicted molar refractivity (Wildman–Crippen MR) is 91.9 cm³/mol. The van der Waals surface area contributed by atoms with Gasteiger partial charge in [0, 0.05) is 27.3 Å². The second-order valence-corrected chi connectivity index (χ2v) is 5.31. The number of benzene rings is 1. The summed E-state index contributed by atoms with van der Waals surface area (Å²) in [5, 5.41) is 6.47. The van der Waals surface area contributed by atoms with Gasteiger partial charge in [0.05, 0.1) is 6.54 Å². The molecule has 1 rings (SSSR count). The maximum absolute atomic E-state index is 5.87. The molecule has 22 heavy (non-hydrogen) atoms. The van der Waals surface area contributed by atoms with Crippen molar-refractivity contribution in [3.8, 4) is 5.75 Å². The first-order valence-corrected chi connectivity index (χ1v) is 7.84. The summed E-state index contributed by atoms with van der Waals surface area (Å²) in [4.78, 5) is 4.17. The van der Waals surface area contributed by atoms with Crippen molar-refractivity contribution in [2.24, 2.45) is 4.99 Å². The summed E-state index contributed by atoms with van der Waals surface area (Å²) in [6.07, 6.45) is 0.954. The highest BCUT2D eigenvalue weighted by Crippen LogP contribution is 2.25. The zero-order valence-electron chi connectivity index (χ0n) is 14.2. The van der Waals surface area contributed by atoms with Gasteiger partial charge in [0.1, 0.15) is 12.4 Å². The average Bonchev–Trinajstić information content (AvgIpc) is 2.53. The Kier molecular flexibility index (Phi) is 9.07. The Bertz CT molecular complexity index is 447. The Balaban J connectivity index is 2.29. The van der Waals surface area contributed by atoms with Gasteiger partial charge in [-0.15, -0.1) is 0 Å². The van der Waals surface area contributed by atoms with Crippen molar-refractivity contribution in [2.45, 2.75) is 26.2 Å². The van der Waals surface area contributed by atoms with Crippen LogP contribution in [0.15, 0.2) is 29.3 Å². The quantitative estimate of drug-likeness (QED) is 0.418. The van der Waals surface area contributed by atoms with Crippen LogP contribution in [0.4, 0.5) is 0 Å². The molecule has 0 bridgehead atoms. The first kappa shape index (κ1) is 18.3. The lowest BCUT2D eigenvalue weighted by Gasteiger charge is -2.15. The summed E-state index contributed by atoms with van der Waals surface area (Å²) in [6.45, 7) is 7.24. The van der Waals surface area contributed by atoms with Gasteiger partial charge in [0.25, 0.3) is 0 Å². The average molecular weight is 307 g/mol. The van der Waals surface area contributed by atoms with Gasteiger partial charge in [0.2, 0.25) is 0 Å². The first-order valence-electron chi connectivity index (χ1n) is 7.84. The maximum atomic E-state index is 5.87. The molecule has 0 saturated heterocycles. The minimum atomic E-state index is 0.458. The van der Waals surface area contributed by atoms with Crippen LogP contribution < -0.4 is 15.4 Å². The number of aliphatic imine (C=N–C) groups is 1. The Morgan fingerprint density at radius 2 is 1.86 bits per heavy atom. The van der Waals surface area contributed by atoms with Crippen LogP contribution in [0.25, 0.3) is 0 Å². The number of para-hydroxylation sites is 1. The van der Waals surface area contributed by atoms with Gasteiger partial charge in [-0.2, -0.15) is 0 Å². The number of hydrogen-bond acceptors (Lipinski definition) is 3. The van der Waals surface area contributed by atoms with Crippen molar-refractivity contribution < 1.29 is 9.47 Å². The third kappa shape index (κ3) is 6.80. The predicted octanol–water partition coefficient (Wildman–Crippen LogP) is 2.39. The summed E-state index contributed by atoms with van der Waals surface area (Å²) >= 11 is 0. The molecule has 0 amide bonds. The van der Waals surface area contributed by atoms with Gasteiger partial charge in [-0.3, -0.25) is 4.99 Å². The maximum Gasteiger partial charge on any atom is 0.191 e. The van der Waals surface area contributed by atoms with Crippen LogP contribution in [0.3, 0.4) is 0 Å². The van der Waals surface area contributed by atoms with Crippen LogP contribution in [-0.2, 0) is 4.74 Å². The smallest absolute Gasteiger partial charge is 0.191 e. The molecule has 0 aliphatic heterocycles. The Labute approximate surface area is 134 Å². The molecule has 2 N–H and O–H groups in total. The van der Waals surface area contributed by atoms with E-state index in [4.69, 9.17) is 9.47 Å². The molecule has 0 aromatic heterocycles. The second-order valence-electron chi connectivity index (χ2n) is 5.31. The van der Waals surface area contributed by atoms with E-state index in [2.05, 4.69) is 35.5 Å². The zero-order valence-corrected chi connectivity index (χ0v) is 14.2. The third-order valence-electron chi connectivity index (χ3n) is 3.23. The lowest BCUT2D eigenvalue weighted by molar-refractivity contribution is 0.195. The molecule has 0 unspecified atom stereocenters. The van der Waals surface area contributed by atoms with E-state index in [0.717, 1.165) is 31.3 Å². The van der Waals surface area contributed by atoms with Crippen molar-refractivity contribution in [2.75, 3.05) is 40.5 Å². The minimum Gasteiger partial charge on any atom is -0.491 e. The summed E-state index contributed by atoms with van der Waals surface area (Å²) in [5.41, 5.74) is 1.24. The monoisotopic (exact) mass is 307 g/mol. The number of ether oxygens (including phenoxy) is 2. The fourth-order valence-electron chi connectivity index (χ4n) is 2.06. The molecule has 0 fully saturated rings. The van der Waals surface area contributed by atoms with Gasteiger partial charge in [-0.25, -0.2) is 0 Å². The van der Waals surface area contributed by atoms with Crippen molar-refractivity contribution in [1.82, 2.24) is 10.6 Å². The van der Waals surface area contributed by atoms with Gasteiger partial charge >= 0.3 is 0 Å². The molecule has 0 aliphatic carbocycles.